The van der Waals surface area contributed by atoms with Gasteiger partial charge in [-0.3, -0.25) is 4.79 Å². The molecular formula is C24H35NO2. The summed E-state index contributed by atoms with van der Waals surface area (Å²) in [6, 6.07) is 5.77. The lowest BCUT2D eigenvalue weighted by Gasteiger charge is -2.36. The molecule has 3 atom stereocenters. The zero-order valence-corrected chi connectivity index (χ0v) is 17.2. The third kappa shape index (κ3) is 4.39. The first kappa shape index (κ1) is 20.0. The van der Waals surface area contributed by atoms with E-state index in [1.807, 2.05) is 18.0 Å². The largest absolute Gasteiger partial charge is 0.508 e. The summed E-state index contributed by atoms with van der Waals surface area (Å²) < 4.78 is 0. The normalized spacial score (nSPS) is 26.6. The molecule has 2 aliphatic carbocycles. The minimum absolute atomic E-state index is 0.175. The van der Waals surface area contributed by atoms with E-state index in [4.69, 9.17) is 0 Å². The van der Waals surface area contributed by atoms with Gasteiger partial charge in [-0.25, -0.2) is 0 Å². The molecule has 0 aromatic heterocycles. The second-order valence-electron chi connectivity index (χ2n) is 8.87. The number of carbonyl (C=O) groups is 1. The Morgan fingerprint density at radius 3 is 2.52 bits per heavy atom. The molecule has 1 unspecified atom stereocenters. The molecule has 0 spiro atoms. The maximum Gasteiger partial charge on any atom is 0.229 e. The van der Waals surface area contributed by atoms with E-state index in [2.05, 4.69) is 26.5 Å². The van der Waals surface area contributed by atoms with Gasteiger partial charge in [-0.2, -0.15) is 0 Å². The fraction of sp³-hybridized carbons (Fsp3) is 0.625. The number of nitrogens with zero attached hydrogens (tertiary/aromatic N) is 1. The Labute approximate surface area is 164 Å². The number of benzene rings is 1. The van der Waals surface area contributed by atoms with Crippen molar-refractivity contribution in [2.45, 2.75) is 71.1 Å². The molecule has 0 radical (unpaired) electrons. The highest BCUT2D eigenvalue weighted by atomic mass is 16.3. The Kier molecular flexibility index (Phi) is 6.29. The molecule has 2 aliphatic rings. The molecule has 3 nitrogen and oxygen atoms in total. The number of hydrogen-bond donors (Lipinski definition) is 1. The van der Waals surface area contributed by atoms with Crippen LogP contribution in [-0.4, -0.2) is 23.0 Å². The molecule has 3 rings (SSSR count). The average Bonchev–Trinajstić information content (AvgIpc) is 2.69. The standard InChI is InChI=1S/C24H35NO2/c1-16-10-11-17(2)23-15-21(26)13-12-20(23)14-22(16)18(3)25(4)24(27)19-8-6-5-7-9-19/h12-13,15-17,19,22,26H,3,5-11,14H2,1-2,4H3/t16?,17-,22-/m0/s1. The molecule has 3 heteroatoms. The van der Waals surface area contributed by atoms with Crippen LogP contribution in [0.2, 0.25) is 0 Å². The number of allylic oxidation sites excluding steroid dienone is 1. The van der Waals surface area contributed by atoms with Crippen molar-refractivity contribution in [3.63, 3.8) is 0 Å². The molecule has 148 valence electrons. The highest BCUT2D eigenvalue weighted by Crippen LogP contribution is 2.39. The van der Waals surface area contributed by atoms with Crippen molar-refractivity contribution in [2.24, 2.45) is 17.8 Å². The lowest BCUT2D eigenvalue weighted by Crippen LogP contribution is -2.37. The number of hydrogen-bond acceptors (Lipinski definition) is 2. The van der Waals surface area contributed by atoms with Crippen LogP contribution in [0.25, 0.3) is 0 Å². The lowest BCUT2D eigenvalue weighted by molar-refractivity contribution is -0.133. The van der Waals surface area contributed by atoms with Gasteiger partial charge in [0.05, 0.1) is 0 Å². The molecule has 1 saturated carbocycles. The second-order valence-corrected chi connectivity index (χ2v) is 8.87. The van der Waals surface area contributed by atoms with Crippen molar-refractivity contribution < 1.29 is 9.90 Å². The van der Waals surface area contributed by atoms with Gasteiger partial charge in [0.15, 0.2) is 0 Å². The van der Waals surface area contributed by atoms with E-state index in [9.17, 15) is 9.90 Å². The van der Waals surface area contributed by atoms with Crippen LogP contribution in [-0.2, 0) is 11.2 Å². The van der Waals surface area contributed by atoms with Gasteiger partial charge in [0.2, 0.25) is 5.91 Å². The number of aromatic hydroxyl groups is 1. The average molecular weight is 370 g/mol. The van der Waals surface area contributed by atoms with Gasteiger partial charge in [-0.1, -0.05) is 45.8 Å². The molecule has 0 bridgehead atoms. The molecule has 1 fully saturated rings. The van der Waals surface area contributed by atoms with Crippen LogP contribution in [0.4, 0.5) is 0 Å². The highest BCUT2D eigenvalue weighted by molar-refractivity contribution is 5.80. The number of fused-ring (bicyclic) bond motifs is 1. The number of carbonyl (C=O) groups excluding carboxylic acids is 1. The summed E-state index contributed by atoms with van der Waals surface area (Å²) in [5, 5.41) is 9.93. The Morgan fingerprint density at radius 1 is 1.11 bits per heavy atom. The Hall–Kier alpha value is -1.77. The van der Waals surface area contributed by atoms with Gasteiger partial charge in [-0.15, -0.1) is 0 Å². The van der Waals surface area contributed by atoms with E-state index in [0.29, 0.717) is 17.6 Å². The Bertz CT molecular complexity index is 690. The fourth-order valence-corrected chi connectivity index (χ4v) is 4.99. The molecule has 1 amide bonds. The molecule has 1 aromatic carbocycles. The third-order valence-corrected chi connectivity index (χ3v) is 6.99. The highest BCUT2D eigenvalue weighted by Gasteiger charge is 2.32. The first-order valence-corrected chi connectivity index (χ1v) is 10.7. The van der Waals surface area contributed by atoms with E-state index in [1.54, 1.807) is 6.07 Å². The van der Waals surface area contributed by atoms with Crippen LogP contribution in [0.1, 0.15) is 75.8 Å². The molecule has 1 N–H and O–H groups in total. The maximum atomic E-state index is 13.0. The van der Waals surface area contributed by atoms with Gasteiger partial charge >= 0.3 is 0 Å². The van der Waals surface area contributed by atoms with Crippen molar-refractivity contribution in [3.8, 4) is 5.75 Å². The van der Waals surface area contributed by atoms with Crippen molar-refractivity contribution >= 4 is 5.91 Å². The van der Waals surface area contributed by atoms with E-state index in [1.165, 1.54) is 30.4 Å². The van der Waals surface area contributed by atoms with E-state index < -0.39 is 0 Å². The summed E-state index contributed by atoms with van der Waals surface area (Å²) in [6.45, 7) is 8.93. The van der Waals surface area contributed by atoms with E-state index in [-0.39, 0.29) is 17.7 Å². The number of phenolic OH excluding ortho intramolecular Hbond substituents is 1. The number of phenols is 1. The molecule has 0 saturated heterocycles. The van der Waals surface area contributed by atoms with Gasteiger partial charge in [0.1, 0.15) is 5.75 Å². The lowest BCUT2D eigenvalue weighted by atomic mass is 9.75. The van der Waals surface area contributed by atoms with E-state index >= 15 is 0 Å². The Balaban J connectivity index is 1.81. The van der Waals surface area contributed by atoms with Crippen LogP contribution in [0.5, 0.6) is 5.75 Å². The SMILES string of the molecule is C=C([C@H]1Cc2ccc(O)cc2[C@@H](C)CCC1C)N(C)C(=O)C1CCCCC1. The smallest absolute Gasteiger partial charge is 0.229 e. The predicted molar refractivity (Wildman–Crippen MR) is 111 cm³/mol. The third-order valence-electron chi connectivity index (χ3n) is 6.99. The zero-order chi connectivity index (χ0) is 19.6. The molecular weight excluding hydrogens is 334 g/mol. The summed E-state index contributed by atoms with van der Waals surface area (Å²) in [7, 11) is 1.92. The second kappa shape index (κ2) is 8.50. The predicted octanol–water partition coefficient (Wildman–Crippen LogP) is 5.64. The molecule has 0 aliphatic heterocycles. The van der Waals surface area contributed by atoms with Crippen LogP contribution in [0.3, 0.4) is 0 Å². The monoisotopic (exact) mass is 369 g/mol. The van der Waals surface area contributed by atoms with Crippen molar-refractivity contribution in [3.05, 3.63) is 41.6 Å². The van der Waals surface area contributed by atoms with Crippen LogP contribution in [0.15, 0.2) is 30.5 Å². The van der Waals surface area contributed by atoms with E-state index in [0.717, 1.165) is 37.8 Å². The molecule has 27 heavy (non-hydrogen) atoms. The van der Waals surface area contributed by atoms with Crippen LogP contribution < -0.4 is 0 Å². The maximum absolute atomic E-state index is 13.0. The topological polar surface area (TPSA) is 40.5 Å². The first-order valence-electron chi connectivity index (χ1n) is 10.7. The molecule has 0 heterocycles. The minimum Gasteiger partial charge on any atom is -0.508 e. The van der Waals surface area contributed by atoms with Crippen molar-refractivity contribution in [2.75, 3.05) is 7.05 Å². The number of amides is 1. The summed E-state index contributed by atoms with van der Waals surface area (Å²) >= 11 is 0. The van der Waals surface area contributed by atoms with Gasteiger partial charge in [0, 0.05) is 24.6 Å². The summed E-state index contributed by atoms with van der Waals surface area (Å²) in [6.07, 6.45) is 8.76. The van der Waals surface area contributed by atoms with Crippen LogP contribution >= 0.6 is 0 Å². The zero-order valence-electron chi connectivity index (χ0n) is 17.2. The first-order chi connectivity index (χ1) is 12.9. The quantitative estimate of drug-likeness (QED) is 0.749. The fourth-order valence-electron chi connectivity index (χ4n) is 4.99. The van der Waals surface area contributed by atoms with Gasteiger partial charge < -0.3 is 10.0 Å². The summed E-state index contributed by atoms with van der Waals surface area (Å²) in [5.74, 6) is 1.98. The number of rotatable bonds is 3. The van der Waals surface area contributed by atoms with Gasteiger partial charge in [0.25, 0.3) is 0 Å². The van der Waals surface area contributed by atoms with Crippen LogP contribution in [0, 0.1) is 17.8 Å². The summed E-state index contributed by atoms with van der Waals surface area (Å²) in [5.41, 5.74) is 3.50. The Morgan fingerprint density at radius 2 is 1.81 bits per heavy atom. The van der Waals surface area contributed by atoms with Gasteiger partial charge in [-0.05, 0) is 67.2 Å². The minimum atomic E-state index is 0.175. The summed E-state index contributed by atoms with van der Waals surface area (Å²) in [4.78, 5) is 14.9. The van der Waals surface area contributed by atoms with Crippen molar-refractivity contribution in [1.82, 2.24) is 4.90 Å². The molecule has 1 aromatic rings. The van der Waals surface area contributed by atoms with Crippen molar-refractivity contribution in [1.29, 1.82) is 0 Å².